The number of nitrogens with zero attached hydrogens (tertiary/aromatic N) is 1. The van der Waals surface area contributed by atoms with Gasteiger partial charge in [0.2, 0.25) is 5.91 Å². The van der Waals surface area contributed by atoms with E-state index in [4.69, 9.17) is 0 Å². The molecule has 152 valence electrons. The van der Waals surface area contributed by atoms with E-state index in [1.54, 1.807) is 6.07 Å². The summed E-state index contributed by atoms with van der Waals surface area (Å²) in [5, 5.41) is 11.9. The van der Waals surface area contributed by atoms with Gasteiger partial charge in [0.15, 0.2) is 0 Å². The Morgan fingerprint density at radius 3 is 2.83 bits per heavy atom. The Labute approximate surface area is 170 Å². The van der Waals surface area contributed by atoms with E-state index in [1.165, 1.54) is 21.6 Å². The number of likely N-dealkylation sites (tertiary alicyclic amines) is 1. The normalized spacial score (nSPS) is 21.7. The molecule has 1 aliphatic heterocycles. The summed E-state index contributed by atoms with van der Waals surface area (Å²) in [6.07, 6.45) is 7.58. The molecule has 2 amide bonds. The van der Waals surface area contributed by atoms with Gasteiger partial charge in [0.1, 0.15) is 6.04 Å². The Morgan fingerprint density at radius 2 is 2.07 bits per heavy atom. The summed E-state index contributed by atoms with van der Waals surface area (Å²) in [4.78, 5) is 37.7. The van der Waals surface area contributed by atoms with Crippen LogP contribution in [0.25, 0.3) is 5.57 Å². The molecule has 0 bridgehead atoms. The lowest BCUT2D eigenvalue weighted by atomic mass is 9.79. The van der Waals surface area contributed by atoms with Gasteiger partial charge in [-0.05, 0) is 60.1 Å². The van der Waals surface area contributed by atoms with Crippen molar-refractivity contribution in [2.45, 2.75) is 51.0 Å². The number of carboxylic acid groups (broad SMARTS) is 1. The largest absolute Gasteiger partial charge is 0.480 e. The molecule has 0 unspecified atom stereocenters. The molecule has 2 N–H and O–H groups in total. The first-order valence-electron chi connectivity index (χ1n) is 10.2. The zero-order valence-corrected chi connectivity index (χ0v) is 16.8. The highest BCUT2D eigenvalue weighted by atomic mass is 16.4. The van der Waals surface area contributed by atoms with Gasteiger partial charge in [-0.2, -0.15) is 0 Å². The molecule has 1 aromatic rings. The highest BCUT2D eigenvalue weighted by Crippen LogP contribution is 2.49. The molecule has 2 aliphatic carbocycles. The van der Waals surface area contributed by atoms with E-state index in [0.29, 0.717) is 24.9 Å². The maximum absolute atomic E-state index is 12.7. The second kappa shape index (κ2) is 7.17. The number of amides is 2. The molecule has 4 rings (SSSR count). The van der Waals surface area contributed by atoms with Crippen LogP contribution in [-0.2, 0) is 15.0 Å². The molecule has 0 spiro atoms. The van der Waals surface area contributed by atoms with Crippen molar-refractivity contribution in [1.29, 1.82) is 0 Å². The third kappa shape index (κ3) is 3.26. The summed E-state index contributed by atoms with van der Waals surface area (Å²) in [6.45, 7) is 4.58. The Balaban J connectivity index is 1.47. The fourth-order valence-electron chi connectivity index (χ4n) is 4.82. The number of aliphatic carboxylic acids is 1. The van der Waals surface area contributed by atoms with Gasteiger partial charge in [0, 0.05) is 17.5 Å². The molecule has 1 heterocycles. The molecule has 3 aliphatic rings. The van der Waals surface area contributed by atoms with Gasteiger partial charge in [0.05, 0.1) is 6.54 Å². The fourth-order valence-corrected chi connectivity index (χ4v) is 4.82. The second-order valence-corrected chi connectivity index (χ2v) is 8.48. The lowest BCUT2D eigenvalue weighted by Crippen LogP contribution is -2.45. The van der Waals surface area contributed by atoms with Crippen molar-refractivity contribution in [2.75, 3.05) is 13.1 Å². The van der Waals surface area contributed by atoms with Gasteiger partial charge in [-0.1, -0.05) is 32.1 Å². The Morgan fingerprint density at radius 1 is 1.28 bits per heavy atom. The third-order valence-corrected chi connectivity index (χ3v) is 6.38. The van der Waals surface area contributed by atoms with Gasteiger partial charge < -0.3 is 15.3 Å². The van der Waals surface area contributed by atoms with E-state index in [1.807, 2.05) is 12.1 Å². The lowest BCUT2D eigenvalue weighted by molar-refractivity contribution is -0.147. The second-order valence-electron chi connectivity index (χ2n) is 8.48. The van der Waals surface area contributed by atoms with Gasteiger partial charge in [0.25, 0.3) is 5.91 Å². The Kier molecular flexibility index (Phi) is 4.81. The quantitative estimate of drug-likeness (QED) is 0.822. The summed E-state index contributed by atoms with van der Waals surface area (Å²) in [7, 11) is 0. The van der Waals surface area contributed by atoms with Crippen LogP contribution in [0.4, 0.5) is 0 Å². The number of rotatable bonds is 4. The van der Waals surface area contributed by atoms with Crippen LogP contribution < -0.4 is 5.32 Å². The number of benzene rings is 1. The molecule has 29 heavy (non-hydrogen) atoms. The van der Waals surface area contributed by atoms with Crippen molar-refractivity contribution in [1.82, 2.24) is 10.2 Å². The van der Waals surface area contributed by atoms with E-state index in [-0.39, 0.29) is 23.8 Å². The molecule has 6 nitrogen and oxygen atoms in total. The smallest absolute Gasteiger partial charge is 0.326 e. The number of hydrogen-bond donors (Lipinski definition) is 2. The zero-order chi connectivity index (χ0) is 20.8. The van der Waals surface area contributed by atoms with Crippen molar-refractivity contribution in [3.05, 3.63) is 52.6 Å². The van der Waals surface area contributed by atoms with E-state index in [9.17, 15) is 19.5 Å². The molecule has 6 heteroatoms. The van der Waals surface area contributed by atoms with Gasteiger partial charge in [-0.25, -0.2) is 4.79 Å². The number of carboxylic acids is 1. The number of allylic oxidation sites excluding steroid dienone is 4. The maximum Gasteiger partial charge on any atom is 0.326 e. The number of carbonyl (C=O) groups is 3. The summed E-state index contributed by atoms with van der Waals surface area (Å²) in [5.74, 6) is -1.66. The average Bonchev–Trinajstić information content (AvgIpc) is 3.29. The van der Waals surface area contributed by atoms with Gasteiger partial charge in [-0.3, -0.25) is 9.59 Å². The molecule has 1 fully saturated rings. The van der Waals surface area contributed by atoms with Crippen molar-refractivity contribution < 1.29 is 19.5 Å². The Hall–Kier alpha value is -2.89. The molecule has 0 saturated carbocycles. The van der Waals surface area contributed by atoms with Crippen LogP contribution in [0.5, 0.6) is 0 Å². The van der Waals surface area contributed by atoms with Crippen LogP contribution >= 0.6 is 0 Å². The Bertz CT molecular complexity index is 958. The summed E-state index contributed by atoms with van der Waals surface area (Å²) in [5.41, 5.74) is 5.40. The molecule has 1 atom stereocenters. The summed E-state index contributed by atoms with van der Waals surface area (Å²) >= 11 is 0. The SMILES string of the molecule is CC1(C)C2=C(CCC=C2)c2ccc(C(=O)NCC(=O)N3CCC[C@H]3C(=O)O)cc21. The van der Waals surface area contributed by atoms with Crippen LogP contribution in [0.15, 0.2) is 35.9 Å². The highest BCUT2D eigenvalue weighted by molar-refractivity contribution is 5.98. The highest BCUT2D eigenvalue weighted by Gasteiger charge is 2.37. The van der Waals surface area contributed by atoms with Crippen molar-refractivity contribution >= 4 is 23.4 Å². The van der Waals surface area contributed by atoms with Gasteiger partial charge >= 0.3 is 5.97 Å². The van der Waals surface area contributed by atoms with Crippen LogP contribution in [-0.4, -0.2) is 46.9 Å². The molecule has 1 aromatic carbocycles. The zero-order valence-electron chi connectivity index (χ0n) is 16.8. The van der Waals surface area contributed by atoms with Crippen molar-refractivity contribution in [2.24, 2.45) is 0 Å². The van der Waals surface area contributed by atoms with Crippen LogP contribution in [0.3, 0.4) is 0 Å². The minimum Gasteiger partial charge on any atom is -0.480 e. The lowest BCUT2D eigenvalue weighted by Gasteiger charge is -2.24. The maximum atomic E-state index is 12.7. The number of carbonyl (C=O) groups excluding carboxylic acids is 2. The molecule has 0 radical (unpaired) electrons. The minimum atomic E-state index is -0.992. The van der Waals surface area contributed by atoms with E-state index in [2.05, 4.69) is 31.3 Å². The molecule has 0 aromatic heterocycles. The van der Waals surface area contributed by atoms with E-state index in [0.717, 1.165) is 18.4 Å². The van der Waals surface area contributed by atoms with Crippen LogP contribution in [0.2, 0.25) is 0 Å². The van der Waals surface area contributed by atoms with Crippen LogP contribution in [0, 0.1) is 0 Å². The molecular weight excluding hydrogens is 368 g/mol. The standard InChI is InChI=1S/C23H26N2O4/c1-23(2)17-7-4-3-6-15(17)16-10-9-14(12-18(16)23)21(27)24-13-20(26)25-11-5-8-19(25)22(28)29/h4,7,9-10,12,19H,3,5-6,8,11,13H2,1-2H3,(H,24,27)(H,28,29)/t19-/m0/s1. The average molecular weight is 394 g/mol. The third-order valence-electron chi connectivity index (χ3n) is 6.38. The van der Waals surface area contributed by atoms with Crippen molar-refractivity contribution in [3.8, 4) is 0 Å². The monoisotopic (exact) mass is 394 g/mol. The summed E-state index contributed by atoms with van der Waals surface area (Å²) in [6, 6.07) is 4.96. The molecular formula is C23H26N2O4. The predicted octanol–water partition coefficient (Wildman–Crippen LogP) is 2.89. The van der Waals surface area contributed by atoms with E-state index < -0.39 is 12.0 Å². The van der Waals surface area contributed by atoms with Gasteiger partial charge in [-0.15, -0.1) is 0 Å². The van der Waals surface area contributed by atoms with Crippen molar-refractivity contribution in [3.63, 3.8) is 0 Å². The number of nitrogens with one attached hydrogen (secondary N) is 1. The molecule has 1 saturated heterocycles. The number of fused-ring (bicyclic) bond motifs is 2. The van der Waals surface area contributed by atoms with E-state index >= 15 is 0 Å². The first-order valence-corrected chi connectivity index (χ1v) is 10.2. The first kappa shape index (κ1) is 19.4. The fraction of sp³-hybridized carbons (Fsp3) is 0.435. The minimum absolute atomic E-state index is 0.155. The topological polar surface area (TPSA) is 86.7 Å². The summed E-state index contributed by atoms with van der Waals surface area (Å²) < 4.78 is 0. The first-order chi connectivity index (χ1) is 13.8. The predicted molar refractivity (Wildman–Crippen MR) is 109 cm³/mol. The van der Waals surface area contributed by atoms with Crippen LogP contribution in [0.1, 0.15) is 61.0 Å². The number of hydrogen-bond acceptors (Lipinski definition) is 3.